The molecule has 8 heteroatoms. The Bertz CT molecular complexity index is 1090. The van der Waals surface area contributed by atoms with Crippen LogP contribution in [0.25, 0.3) is 11.4 Å². The summed E-state index contributed by atoms with van der Waals surface area (Å²) < 4.78 is 5.35. The zero-order chi connectivity index (χ0) is 21.3. The molecule has 4 rings (SSSR count). The highest BCUT2D eigenvalue weighted by Crippen LogP contribution is 2.27. The van der Waals surface area contributed by atoms with Gasteiger partial charge in [-0.2, -0.15) is 0 Å². The molecule has 0 fully saturated rings. The number of para-hydroxylation sites is 1. The van der Waals surface area contributed by atoms with E-state index in [4.69, 9.17) is 4.74 Å². The van der Waals surface area contributed by atoms with Gasteiger partial charge < -0.3 is 15.0 Å². The number of carbonyl (C=O) groups is 2. The van der Waals surface area contributed by atoms with Crippen LogP contribution >= 0.6 is 0 Å². The summed E-state index contributed by atoms with van der Waals surface area (Å²) in [6.07, 6.45) is 1.56. The number of rotatable bonds is 3. The molecule has 0 saturated heterocycles. The van der Waals surface area contributed by atoms with Crippen LogP contribution in [0.1, 0.15) is 36.8 Å². The van der Waals surface area contributed by atoms with E-state index in [-0.39, 0.29) is 12.5 Å². The number of nitrogens with zero attached hydrogens (tertiary/aromatic N) is 3. The Morgan fingerprint density at radius 3 is 2.70 bits per heavy atom. The molecule has 0 radical (unpaired) electrons. The normalized spacial score (nSPS) is 13.7. The smallest absolute Gasteiger partial charge is 0.417 e. The fourth-order valence-corrected chi connectivity index (χ4v) is 3.20. The van der Waals surface area contributed by atoms with Crippen molar-refractivity contribution in [3.05, 3.63) is 59.9 Å². The third-order valence-electron chi connectivity index (χ3n) is 4.54. The highest BCUT2D eigenvalue weighted by atomic mass is 16.6. The Morgan fingerprint density at radius 1 is 1.20 bits per heavy atom. The highest BCUT2D eigenvalue weighted by Gasteiger charge is 2.33. The van der Waals surface area contributed by atoms with Gasteiger partial charge in [-0.1, -0.05) is 18.2 Å². The molecule has 30 heavy (non-hydrogen) atoms. The lowest BCUT2D eigenvalue weighted by Gasteiger charge is -2.28. The third-order valence-corrected chi connectivity index (χ3v) is 4.54. The van der Waals surface area contributed by atoms with Crippen molar-refractivity contribution in [2.24, 2.45) is 0 Å². The maximum atomic E-state index is 12.9. The zero-order valence-electron chi connectivity index (χ0n) is 17.1. The Balaban J connectivity index is 1.56. The van der Waals surface area contributed by atoms with E-state index >= 15 is 0 Å². The molecule has 2 aromatic heterocycles. The van der Waals surface area contributed by atoms with Gasteiger partial charge in [0.1, 0.15) is 5.60 Å². The molecule has 0 atom stereocenters. The van der Waals surface area contributed by atoms with Crippen molar-refractivity contribution in [1.82, 2.24) is 19.9 Å². The summed E-state index contributed by atoms with van der Waals surface area (Å²) in [4.78, 5) is 38.4. The Morgan fingerprint density at radius 2 is 1.97 bits per heavy atom. The van der Waals surface area contributed by atoms with Gasteiger partial charge in [0.25, 0.3) is 5.91 Å². The minimum Gasteiger partial charge on any atom is -0.443 e. The zero-order valence-corrected chi connectivity index (χ0v) is 17.1. The van der Waals surface area contributed by atoms with Crippen LogP contribution in [-0.2, 0) is 11.2 Å². The van der Waals surface area contributed by atoms with Crippen LogP contribution < -0.4 is 5.32 Å². The van der Waals surface area contributed by atoms with E-state index in [9.17, 15) is 9.59 Å². The average Bonchev–Trinajstić information content (AvgIpc) is 3.13. The van der Waals surface area contributed by atoms with Gasteiger partial charge in [-0.25, -0.2) is 19.7 Å². The van der Waals surface area contributed by atoms with Gasteiger partial charge in [0.2, 0.25) is 5.95 Å². The molecule has 1 aromatic carbocycles. The predicted molar refractivity (Wildman–Crippen MR) is 113 cm³/mol. The monoisotopic (exact) mass is 405 g/mol. The molecule has 3 heterocycles. The number of benzene rings is 1. The van der Waals surface area contributed by atoms with E-state index < -0.39 is 11.7 Å². The summed E-state index contributed by atoms with van der Waals surface area (Å²) in [5, 5.41) is 3.16. The summed E-state index contributed by atoms with van der Waals surface area (Å²) >= 11 is 0. The first-order chi connectivity index (χ1) is 14.3. The van der Waals surface area contributed by atoms with Crippen molar-refractivity contribution >= 4 is 23.6 Å². The van der Waals surface area contributed by atoms with Crippen LogP contribution in [-0.4, -0.2) is 44.0 Å². The van der Waals surface area contributed by atoms with Crippen molar-refractivity contribution in [3.8, 4) is 11.4 Å². The van der Waals surface area contributed by atoms with E-state index in [1.807, 2.05) is 30.3 Å². The first-order valence-corrected chi connectivity index (χ1v) is 9.72. The lowest BCUT2D eigenvalue weighted by Crippen LogP contribution is -2.44. The second-order valence-electron chi connectivity index (χ2n) is 8.02. The van der Waals surface area contributed by atoms with Crippen molar-refractivity contribution in [2.75, 3.05) is 11.9 Å². The lowest BCUT2D eigenvalue weighted by atomic mass is 10.1. The first-order valence-electron chi connectivity index (χ1n) is 9.72. The van der Waals surface area contributed by atoms with Crippen LogP contribution in [0.15, 0.2) is 48.7 Å². The van der Waals surface area contributed by atoms with Crippen LogP contribution in [0, 0.1) is 0 Å². The SMILES string of the molecule is CC(C)(C)OC(=O)N1CCc2[nH]c(-c3ccnc(Nc4ccccc4)n3)cc2C1=O. The van der Waals surface area contributed by atoms with Gasteiger partial charge in [0.05, 0.1) is 17.0 Å². The summed E-state index contributed by atoms with van der Waals surface area (Å²) in [6.45, 7) is 5.59. The Kier molecular flexibility index (Phi) is 4.99. The average molecular weight is 405 g/mol. The minimum absolute atomic E-state index is 0.269. The Hall–Kier alpha value is -3.68. The van der Waals surface area contributed by atoms with E-state index in [0.717, 1.165) is 16.3 Å². The molecule has 1 aliphatic heterocycles. The fourth-order valence-electron chi connectivity index (χ4n) is 3.20. The molecule has 0 spiro atoms. The number of amides is 2. The molecule has 2 amide bonds. The molecule has 2 N–H and O–H groups in total. The molecule has 0 bridgehead atoms. The van der Waals surface area contributed by atoms with Crippen LogP contribution in [0.2, 0.25) is 0 Å². The van der Waals surface area contributed by atoms with E-state index in [2.05, 4.69) is 20.3 Å². The number of imide groups is 1. The van der Waals surface area contributed by atoms with Crippen molar-refractivity contribution in [1.29, 1.82) is 0 Å². The minimum atomic E-state index is -0.663. The number of anilines is 2. The third kappa shape index (κ3) is 4.17. The van der Waals surface area contributed by atoms with Crippen LogP contribution in [0.4, 0.5) is 16.4 Å². The lowest BCUT2D eigenvalue weighted by molar-refractivity contribution is 0.0233. The summed E-state index contributed by atoms with van der Waals surface area (Å²) in [7, 11) is 0. The van der Waals surface area contributed by atoms with Gasteiger partial charge in [-0.05, 0) is 45.0 Å². The van der Waals surface area contributed by atoms with Crippen molar-refractivity contribution in [3.63, 3.8) is 0 Å². The fraction of sp³-hybridized carbons (Fsp3) is 0.273. The number of carbonyl (C=O) groups excluding carboxylic acids is 2. The largest absolute Gasteiger partial charge is 0.443 e. The number of nitrogens with one attached hydrogen (secondary N) is 2. The molecule has 8 nitrogen and oxygen atoms in total. The topological polar surface area (TPSA) is 100 Å². The predicted octanol–water partition coefficient (Wildman–Crippen LogP) is 4.15. The molecule has 3 aromatic rings. The molecular formula is C22H23N5O3. The number of hydrogen-bond acceptors (Lipinski definition) is 6. The second-order valence-corrected chi connectivity index (χ2v) is 8.02. The van der Waals surface area contributed by atoms with E-state index in [1.165, 1.54) is 0 Å². The van der Waals surface area contributed by atoms with E-state index in [0.29, 0.717) is 29.3 Å². The van der Waals surface area contributed by atoms with Crippen molar-refractivity contribution < 1.29 is 14.3 Å². The van der Waals surface area contributed by atoms with Crippen molar-refractivity contribution in [2.45, 2.75) is 32.8 Å². The number of aromatic nitrogens is 3. The van der Waals surface area contributed by atoms with Gasteiger partial charge in [0, 0.05) is 30.5 Å². The second kappa shape index (κ2) is 7.62. The molecule has 0 aliphatic carbocycles. The highest BCUT2D eigenvalue weighted by molar-refractivity contribution is 6.05. The maximum absolute atomic E-state index is 12.9. The first kappa shape index (κ1) is 19.6. The molecule has 1 aliphatic rings. The van der Waals surface area contributed by atoms with Gasteiger partial charge in [-0.15, -0.1) is 0 Å². The molecule has 154 valence electrons. The summed E-state index contributed by atoms with van der Waals surface area (Å²) in [6, 6.07) is 13.1. The van der Waals surface area contributed by atoms with Gasteiger partial charge in [0.15, 0.2) is 0 Å². The molecule has 0 unspecified atom stereocenters. The molecule has 0 saturated carbocycles. The van der Waals surface area contributed by atoms with Crippen LogP contribution in [0.3, 0.4) is 0 Å². The number of ether oxygens (including phenoxy) is 1. The number of H-pyrrole nitrogens is 1. The maximum Gasteiger partial charge on any atom is 0.417 e. The Labute approximate surface area is 174 Å². The standard InChI is InChI=1S/C22H23N5O3/c1-22(2,3)30-21(29)27-12-10-16-15(19(27)28)13-18(25-16)17-9-11-23-20(26-17)24-14-7-5-4-6-8-14/h4-9,11,13,25H,10,12H2,1-3H3,(H,23,24,26). The quantitative estimate of drug-likeness (QED) is 0.679. The van der Waals surface area contributed by atoms with Gasteiger partial charge >= 0.3 is 6.09 Å². The number of hydrogen-bond donors (Lipinski definition) is 2. The summed E-state index contributed by atoms with van der Waals surface area (Å²) in [5.74, 6) is 0.0812. The molecular weight excluding hydrogens is 382 g/mol. The summed E-state index contributed by atoms with van der Waals surface area (Å²) in [5.41, 5.74) is 2.80. The van der Waals surface area contributed by atoms with Gasteiger partial charge in [-0.3, -0.25) is 4.79 Å². The number of aromatic amines is 1. The van der Waals surface area contributed by atoms with Crippen LogP contribution in [0.5, 0.6) is 0 Å². The van der Waals surface area contributed by atoms with E-state index in [1.54, 1.807) is 39.1 Å². The number of fused-ring (bicyclic) bond motifs is 1.